The van der Waals surface area contributed by atoms with E-state index >= 15 is 0 Å². The summed E-state index contributed by atoms with van der Waals surface area (Å²) in [4.78, 5) is 0. The van der Waals surface area contributed by atoms with Gasteiger partial charge in [-0.1, -0.05) is 43.3 Å². The molecule has 2 aromatic rings. The Balaban J connectivity index is 2.52. The van der Waals surface area contributed by atoms with Crippen molar-refractivity contribution in [2.45, 2.75) is 13.3 Å². The first-order chi connectivity index (χ1) is 8.74. The maximum Gasteiger partial charge on any atom is 0.266 e. The molecule has 0 amide bonds. The Morgan fingerprint density at radius 3 is 2.28 bits per heavy atom. The molecule has 1 unspecified atom stereocenters. The molecule has 0 bridgehead atoms. The Kier molecular flexibility index (Phi) is 4.12. The van der Waals surface area contributed by atoms with Crippen LogP contribution in [0.5, 0.6) is 0 Å². The van der Waals surface area contributed by atoms with Crippen molar-refractivity contribution in [3.63, 3.8) is 0 Å². The minimum Gasteiger partial charge on any atom is -0.289 e. The van der Waals surface area contributed by atoms with Gasteiger partial charge in [-0.15, -0.1) is 0 Å². The number of hydrogen-bond acceptors (Lipinski definition) is 1. The van der Waals surface area contributed by atoms with Crippen LogP contribution in [-0.4, -0.2) is 8.76 Å². The van der Waals surface area contributed by atoms with Crippen LogP contribution in [0.15, 0.2) is 54.6 Å². The number of hydrogen-bond donors (Lipinski definition) is 1. The van der Waals surface area contributed by atoms with Gasteiger partial charge in [0.25, 0.3) is 11.3 Å². The lowest BCUT2D eigenvalue weighted by Gasteiger charge is -2.22. The fraction of sp³-hybridized carbons (Fsp3) is 0.143. The van der Waals surface area contributed by atoms with Crippen molar-refractivity contribution >= 4 is 22.6 Å². The lowest BCUT2D eigenvalue weighted by molar-refractivity contribution is 0.564. The van der Waals surface area contributed by atoms with Gasteiger partial charge in [0.2, 0.25) is 0 Å². The lowest BCUT2D eigenvalue weighted by Crippen LogP contribution is -2.20. The van der Waals surface area contributed by atoms with E-state index in [1.54, 1.807) is 0 Å². The molecule has 0 fully saturated rings. The van der Waals surface area contributed by atoms with Gasteiger partial charge in [-0.25, -0.2) is 8.51 Å². The molecule has 0 aliphatic heterocycles. The maximum atomic E-state index is 11.6. The van der Waals surface area contributed by atoms with Gasteiger partial charge in [0.05, 0.1) is 11.4 Å². The number of aryl methyl sites for hydroxylation is 1. The number of para-hydroxylation sites is 2. The highest BCUT2D eigenvalue weighted by Gasteiger charge is 2.16. The zero-order chi connectivity index (χ0) is 13.0. The number of anilines is 2. The molecule has 2 aromatic carbocycles. The van der Waals surface area contributed by atoms with Crippen molar-refractivity contribution < 1.29 is 8.76 Å². The first-order valence-corrected chi connectivity index (χ1v) is 6.84. The van der Waals surface area contributed by atoms with Crippen LogP contribution in [0.4, 0.5) is 11.4 Å². The zero-order valence-corrected chi connectivity index (χ0v) is 10.9. The van der Waals surface area contributed by atoms with Crippen LogP contribution in [0.25, 0.3) is 0 Å². The highest BCUT2D eigenvalue weighted by Crippen LogP contribution is 2.29. The Morgan fingerprint density at radius 2 is 1.67 bits per heavy atom. The first-order valence-electron chi connectivity index (χ1n) is 5.78. The average molecular weight is 261 g/mol. The van der Waals surface area contributed by atoms with Crippen molar-refractivity contribution in [2.75, 3.05) is 4.31 Å². The van der Waals surface area contributed by atoms with Crippen molar-refractivity contribution in [3.05, 3.63) is 60.2 Å². The summed E-state index contributed by atoms with van der Waals surface area (Å²) in [7, 11) is 0. The number of rotatable bonds is 4. The molecule has 0 saturated heterocycles. The van der Waals surface area contributed by atoms with Gasteiger partial charge in [-0.2, -0.15) is 0 Å². The van der Waals surface area contributed by atoms with E-state index in [9.17, 15) is 8.76 Å². The smallest absolute Gasteiger partial charge is 0.266 e. The SMILES string of the molecule is CCc1ccccc1N(c1ccccc1)S(=O)O. The Morgan fingerprint density at radius 1 is 1.06 bits per heavy atom. The summed E-state index contributed by atoms with van der Waals surface area (Å²) in [6, 6.07) is 16.9. The number of nitrogens with zero attached hydrogens (tertiary/aromatic N) is 1. The molecular weight excluding hydrogens is 246 g/mol. The summed E-state index contributed by atoms with van der Waals surface area (Å²) in [6.45, 7) is 2.03. The van der Waals surface area contributed by atoms with E-state index in [2.05, 4.69) is 0 Å². The van der Waals surface area contributed by atoms with E-state index < -0.39 is 11.3 Å². The molecule has 3 nitrogen and oxygen atoms in total. The van der Waals surface area contributed by atoms with Crippen molar-refractivity contribution in [3.8, 4) is 0 Å². The van der Waals surface area contributed by atoms with Crippen LogP contribution in [0.1, 0.15) is 12.5 Å². The largest absolute Gasteiger partial charge is 0.289 e. The average Bonchev–Trinajstić information content (AvgIpc) is 2.40. The third kappa shape index (κ3) is 2.60. The standard InChI is InChI=1S/C14H15NO2S/c1-2-12-8-6-7-11-14(12)15(18(16)17)13-9-4-3-5-10-13/h3-11H,2H2,1H3,(H,16,17). The molecule has 1 atom stereocenters. The molecule has 0 aromatic heterocycles. The third-order valence-electron chi connectivity index (χ3n) is 2.74. The van der Waals surface area contributed by atoms with Gasteiger partial charge in [0.1, 0.15) is 0 Å². The van der Waals surface area contributed by atoms with Crippen LogP contribution in [0.2, 0.25) is 0 Å². The summed E-state index contributed by atoms with van der Waals surface area (Å²) >= 11 is -2.08. The van der Waals surface area contributed by atoms with Crippen LogP contribution in [-0.2, 0) is 17.7 Å². The molecule has 0 heterocycles. The Labute approximate surface area is 109 Å². The maximum absolute atomic E-state index is 11.6. The molecule has 0 radical (unpaired) electrons. The van der Waals surface area contributed by atoms with Crippen LogP contribution in [0, 0.1) is 0 Å². The summed E-state index contributed by atoms with van der Waals surface area (Å²) in [5.41, 5.74) is 2.52. The van der Waals surface area contributed by atoms with E-state index in [0.717, 1.165) is 17.7 Å². The normalized spacial score (nSPS) is 12.1. The van der Waals surface area contributed by atoms with Gasteiger partial charge in [0, 0.05) is 0 Å². The van der Waals surface area contributed by atoms with Crippen molar-refractivity contribution in [1.82, 2.24) is 0 Å². The summed E-state index contributed by atoms with van der Waals surface area (Å²) in [6.07, 6.45) is 0.816. The summed E-state index contributed by atoms with van der Waals surface area (Å²) in [5, 5.41) is 0. The quantitative estimate of drug-likeness (QED) is 0.855. The van der Waals surface area contributed by atoms with Gasteiger partial charge in [0.15, 0.2) is 0 Å². The fourth-order valence-electron chi connectivity index (χ4n) is 1.88. The van der Waals surface area contributed by atoms with E-state index in [0.29, 0.717) is 5.69 Å². The second kappa shape index (κ2) is 5.80. The second-order valence-corrected chi connectivity index (χ2v) is 4.67. The first kappa shape index (κ1) is 12.8. The molecule has 0 saturated carbocycles. The minimum atomic E-state index is -2.08. The third-order valence-corrected chi connectivity index (χ3v) is 3.46. The fourth-order valence-corrected chi connectivity index (χ4v) is 2.53. The molecule has 94 valence electrons. The van der Waals surface area contributed by atoms with Crippen LogP contribution < -0.4 is 4.31 Å². The highest BCUT2D eigenvalue weighted by atomic mass is 32.2. The molecule has 4 heteroatoms. The van der Waals surface area contributed by atoms with Gasteiger partial charge >= 0.3 is 0 Å². The van der Waals surface area contributed by atoms with Crippen LogP contribution >= 0.6 is 0 Å². The monoisotopic (exact) mass is 261 g/mol. The highest BCUT2D eigenvalue weighted by molar-refractivity contribution is 7.81. The summed E-state index contributed by atoms with van der Waals surface area (Å²) < 4.78 is 22.6. The molecule has 0 aliphatic carbocycles. The lowest BCUT2D eigenvalue weighted by atomic mass is 10.1. The molecule has 0 aliphatic rings. The topological polar surface area (TPSA) is 40.5 Å². The second-order valence-electron chi connectivity index (χ2n) is 3.84. The summed E-state index contributed by atoms with van der Waals surface area (Å²) in [5.74, 6) is 0. The van der Waals surface area contributed by atoms with Crippen LogP contribution in [0.3, 0.4) is 0 Å². The Bertz CT molecular complexity index is 543. The van der Waals surface area contributed by atoms with Crippen molar-refractivity contribution in [1.29, 1.82) is 0 Å². The van der Waals surface area contributed by atoms with E-state index in [1.807, 2.05) is 61.5 Å². The number of benzene rings is 2. The van der Waals surface area contributed by atoms with E-state index in [-0.39, 0.29) is 0 Å². The Hall–Kier alpha value is -1.65. The minimum absolute atomic E-state index is 0.708. The molecular formula is C14H15NO2S. The molecule has 0 spiro atoms. The van der Waals surface area contributed by atoms with Crippen molar-refractivity contribution in [2.24, 2.45) is 0 Å². The zero-order valence-electron chi connectivity index (χ0n) is 10.1. The van der Waals surface area contributed by atoms with Gasteiger partial charge < -0.3 is 0 Å². The van der Waals surface area contributed by atoms with E-state index in [1.165, 1.54) is 4.31 Å². The van der Waals surface area contributed by atoms with E-state index in [4.69, 9.17) is 0 Å². The van der Waals surface area contributed by atoms with Gasteiger partial charge in [-0.05, 0) is 30.2 Å². The molecule has 2 rings (SSSR count). The molecule has 1 N–H and O–H groups in total. The molecule has 18 heavy (non-hydrogen) atoms. The van der Waals surface area contributed by atoms with Gasteiger partial charge in [-0.3, -0.25) is 4.55 Å². The predicted octanol–water partition coefficient (Wildman–Crippen LogP) is 3.52. The predicted molar refractivity (Wildman–Crippen MR) is 75.2 cm³/mol.